The number of thiocarbonyl (C=S) groups is 1. The Morgan fingerprint density at radius 2 is 1.88 bits per heavy atom. The molecule has 7 nitrogen and oxygen atoms in total. The van der Waals surface area contributed by atoms with E-state index >= 15 is 0 Å². The predicted molar refractivity (Wildman–Crippen MR) is 141 cm³/mol. The summed E-state index contributed by atoms with van der Waals surface area (Å²) in [5.41, 5.74) is 2.84. The van der Waals surface area contributed by atoms with Crippen molar-refractivity contribution in [1.82, 2.24) is 10.3 Å². The molecule has 0 saturated heterocycles. The lowest BCUT2D eigenvalue weighted by atomic mass is 10.2. The highest BCUT2D eigenvalue weighted by atomic mass is 79.9. The van der Waals surface area contributed by atoms with E-state index in [2.05, 4.69) is 63.4 Å². The third kappa shape index (κ3) is 5.21. The highest BCUT2D eigenvalue weighted by molar-refractivity contribution is 9.11. The number of halogens is 3. The molecule has 4 rings (SSSR count). The van der Waals surface area contributed by atoms with Crippen LogP contribution in [-0.2, 0) is 0 Å². The van der Waals surface area contributed by atoms with Crippen molar-refractivity contribution in [2.45, 2.75) is 0 Å². The summed E-state index contributed by atoms with van der Waals surface area (Å²) in [7, 11) is 1.49. The van der Waals surface area contributed by atoms with Crippen LogP contribution >= 0.6 is 60.0 Å². The number of ether oxygens (including phenoxy) is 1. The number of anilines is 1. The maximum Gasteiger partial charge on any atom is 0.261 e. The van der Waals surface area contributed by atoms with Gasteiger partial charge in [-0.2, -0.15) is 0 Å². The summed E-state index contributed by atoms with van der Waals surface area (Å²) in [6, 6.07) is 13.7. The van der Waals surface area contributed by atoms with E-state index in [0.717, 1.165) is 0 Å². The minimum absolute atomic E-state index is 0.115. The van der Waals surface area contributed by atoms with E-state index in [0.29, 0.717) is 53.0 Å². The summed E-state index contributed by atoms with van der Waals surface area (Å²) in [5.74, 6) is 0.515. The largest absolute Gasteiger partial charge is 0.507 e. The van der Waals surface area contributed by atoms with Gasteiger partial charge in [-0.25, -0.2) is 4.98 Å². The van der Waals surface area contributed by atoms with Crippen molar-refractivity contribution >= 4 is 87.8 Å². The second-order valence-electron chi connectivity index (χ2n) is 6.74. The standard InChI is InChI=1S/C22H14Br3N3O4S/c1-31-19-13(7-11(23)8-15(19)25)20(30)28-22(33)26-12-3-5-18-16(9-12)27-21(32-18)10-2-4-17(29)14(24)6-10/h2-9,29H,1H3,(H2,26,28,30,33). The number of carbonyl (C=O) groups is 1. The Morgan fingerprint density at radius 3 is 2.61 bits per heavy atom. The molecule has 3 N–H and O–H groups in total. The number of carbonyl (C=O) groups excluding carboxylic acids is 1. The molecule has 1 aromatic heterocycles. The van der Waals surface area contributed by atoms with E-state index < -0.39 is 5.91 Å². The minimum Gasteiger partial charge on any atom is -0.507 e. The minimum atomic E-state index is -0.422. The van der Waals surface area contributed by atoms with Gasteiger partial charge in [0.1, 0.15) is 17.0 Å². The van der Waals surface area contributed by atoms with Crippen molar-refractivity contribution in [3.8, 4) is 23.0 Å². The van der Waals surface area contributed by atoms with Gasteiger partial charge in [0, 0.05) is 15.7 Å². The Bertz CT molecular complexity index is 1410. The first-order valence-electron chi connectivity index (χ1n) is 9.30. The molecule has 4 aromatic rings. The van der Waals surface area contributed by atoms with Gasteiger partial charge in [-0.15, -0.1) is 0 Å². The van der Waals surface area contributed by atoms with Crippen LogP contribution in [0.3, 0.4) is 0 Å². The zero-order chi connectivity index (χ0) is 23.7. The van der Waals surface area contributed by atoms with Gasteiger partial charge in [0.15, 0.2) is 10.7 Å². The van der Waals surface area contributed by atoms with E-state index in [4.69, 9.17) is 21.4 Å². The van der Waals surface area contributed by atoms with E-state index in [9.17, 15) is 9.90 Å². The molecule has 0 radical (unpaired) electrons. The Labute approximate surface area is 218 Å². The number of oxazole rings is 1. The molecule has 1 amide bonds. The Hall–Kier alpha value is -2.47. The molecule has 0 fully saturated rings. The van der Waals surface area contributed by atoms with Gasteiger partial charge in [-0.3, -0.25) is 10.1 Å². The average Bonchev–Trinajstić information content (AvgIpc) is 3.18. The summed E-state index contributed by atoms with van der Waals surface area (Å²) in [4.78, 5) is 17.2. The molecule has 3 aromatic carbocycles. The number of phenols is 1. The van der Waals surface area contributed by atoms with Gasteiger partial charge in [-0.1, -0.05) is 15.9 Å². The van der Waals surface area contributed by atoms with Crippen LogP contribution in [0, 0.1) is 0 Å². The molecule has 0 aliphatic rings. The number of rotatable bonds is 4. The molecule has 0 aliphatic carbocycles. The topological polar surface area (TPSA) is 96.6 Å². The lowest BCUT2D eigenvalue weighted by molar-refractivity contribution is 0.0974. The van der Waals surface area contributed by atoms with Crippen LogP contribution in [0.2, 0.25) is 0 Å². The number of amides is 1. The highest BCUT2D eigenvalue weighted by Gasteiger charge is 2.18. The van der Waals surface area contributed by atoms with Crippen LogP contribution in [0.25, 0.3) is 22.6 Å². The van der Waals surface area contributed by atoms with Crippen molar-refractivity contribution in [3.63, 3.8) is 0 Å². The second kappa shape index (κ2) is 9.80. The van der Waals surface area contributed by atoms with Gasteiger partial charge in [0.2, 0.25) is 5.89 Å². The third-order valence-corrected chi connectivity index (χ3v) is 6.41. The van der Waals surface area contributed by atoms with Crippen molar-refractivity contribution < 1.29 is 19.1 Å². The molecule has 11 heteroatoms. The quantitative estimate of drug-likeness (QED) is 0.213. The summed E-state index contributed by atoms with van der Waals surface area (Å²) in [6.45, 7) is 0. The van der Waals surface area contributed by atoms with Gasteiger partial charge < -0.3 is 19.6 Å². The van der Waals surface area contributed by atoms with Crippen molar-refractivity contribution in [1.29, 1.82) is 0 Å². The SMILES string of the molecule is COc1c(Br)cc(Br)cc1C(=O)NC(=S)Nc1ccc2oc(-c3ccc(O)c(Br)c3)nc2c1. The van der Waals surface area contributed by atoms with Gasteiger partial charge in [0.05, 0.1) is 21.6 Å². The van der Waals surface area contributed by atoms with Crippen molar-refractivity contribution in [2.75, 3.05) is 12.4 Å². The third-order valence-electron chi connectivity index (χ3n) is 4.52. The molecule has 0 bridgehead atoms. The van der Waals surface area contributed by atoms with Gasteiger partial charge in [-0.05, 0) is 92.6 Å². The fourth-order valence-corrected chi connectivity index (χ4v) is 5.01. The summed E-state index contributed by atoms with van der Waals surface area (Å²) in [5, 5.41) is 15.4. The highest BCUT2D eigenvalue weighted by Crippen LogP contribution is 2.33. The molecule has 0 spiro atoms. The number of phenolic OH excluding ortho intramolecular Hbond substituents is 1. The summed E-state index contributed by atoms with van der Waals surface area (Å²) in [6.07, 6.45) is 0. The zero-order valence-electron chi connectivity index (χ0n) is 16.8. The fraction of sp³-hybridized carbons (Fsp3) is 0.0455. The van der Waals surface area contributed by atoms with E-state index in [1.165, 1.54) is 7.11 Å². The fourth-order valence-electron chi connectivity index (χ4n) is 3.04. The number of nitrogens with zero attached hydrogens (tertiary/aromatic N) is 1. The van der Waals surface area contributed by atoms with Crippen LogP contribution in [0.15, 0.2) is 66.4 Å². The Kier molecular flexibility index (Phi) is 7.03. The van der Waals surface area contributed by atoms with Crippen LogP contribution < -0.4 is 15.4 Å². The average molecular weight is 656 g/mol. The first-order valence-corrected chi connectivity index (χ1v) is 12.1. The molecular formula is C22H14Br3N3O4S. The monoisotopic (exact) mass is 653 g/mol. The molecule has 1 heterocycles. The lowest BCUT2D eigenvalue weighted by Gasteiger charge is -2.13. The van der Waals surface area contributed by atoms with E-state index in [-0.39, 0.29) is 10.9 Å². The number of hydrogen-bond donors (Lipinski definition) is 3. The molecule has 168 valence electrons. The zero-order valence-corrected chi connectivity index (χ0v) is 22.4. The lowest BCUT2D eigenvalue weighted by Crippen LogP contribution is -2.34. The Balaban J connectivity index is 1.51. The molecular weight excluding hydrogens is 642 g/mol. The van der Waals surface area contributed by atoms with Crippen molar-refractivity contribution in [3.05, 3.63) is 67.5 Å². The molecule has 33 heavy (non-hydrogen) atoms. The summed E-state index contributed by atoms with van der Waals surface area (Å²) >= 11 is 15.3. The number of benzene rings is 3. The maximum absolute atomic E-state index is 12.7. The number of aromatic hydroxyl groups is 1. The van der Waals surface area contributed by atoms with E-state index in [1.54, 1.807) is 48.5 Å². The number of hydrogen-bond acceptors (Lipinski definition) is 6. The van der Waals surface area contributed by atoms with E-state index in [1.807, 2.05) is 0 Å². The number of methoxy groups -OCH3 is 1. The number of fused-ring (bicyclic) bond motifs is 1. The van der Waals surface area contributed by atoms with Crippen LogP contribution in [0.4, 0.5) is 5.69 Å². The van der Waals surface area contributed by atoms with Gasteiger partial charge in [0.25, 0.3) is 5.91 Å². The second-order valence-corrected chi connectivity index (χ2v) is 9.78. The number of aromatic nitrogens is 1. The van der Waals surface area contributed by atoms with Gasteiger partial charge >= 0.3 is 0 Å². The normalized spacial score (nSPS) is 10.8. The molecule has 0 unspecified atom stereocenters. The van der Waals surface area contributed by atoms with Crippen molar-refractivity contribution in [2.24, 2.45) is 0 Å². The summed E-state index contributed by atoms with van der Waals surface area (Å²) < 4.78 is 13.0. The van der Waals surface area contributed by atoms with Crippen LogP contribution in [-0.4, -0.2) is 28.2 Å². The predicted octanol–water partition coefficient (Wildman–Crippen LogP) is 6.62. The van der Waals surface area contributed by atoms with Crippen LogP contribution in [0.1, 0.15) is 10.4 Å². The smallest absolute Gasteiger partial charge is 0.261 e. The first kappa shape index (κ1) is 23.7. The Morgan fingerprint density at radius 1 is 1.09 bits per heavy atom. The molecule has 0 saturated carbocycles. The number of nitrogens with one attached hydrogen (secondary N) is 2. The molecule has 0 aliphatic heterocycles. The maximum atomic E-state index is 12.7. The molecule has 0 atom stereocenters. The first-order chi connectivity index (χ1) is 15.7. The van der Waals surface area contributed by atoms with Crippen LogP contribution in [0.5, 0.6) is 11.5 Å².